The van der Waals surface area contributed by atoms with Crippen molar-refractivity contribution in [1.29, 1.82) is 0 Å². The highest BCUT2D eigenvalue weighted by Gasteiger charge is 2.21. The van der Waals surface area contributed by atoms with Crippen LogP contribution in [0.15, 0.2) is 18.2 Å². The molecule has 0 atom stereocenters. The zero-order valence-electron chi connectivity index (χ0n) is 21.2. The van der Waals surface area contributed by atoms with Gasteiger partial charge >= 0.3 is 0 Å². The van der Waals surface area contributed by atoms with Gasteiger partial charge in [-0.3, -0.25) is 14.5 Å². The normalized spacial score (nSPS) is 18.9. The fourth-order valence-electron chi connectivity index (χ4n) is 4.63. The molecule has 0 spiro atoms. The fourth-order valence-corrected chi connectivity index (χ4v) is 4.63. The summed E-state index contributed by atoms with van der Waals surface area (Å²) in [6, 6.07) is 5.75. The maximum atomic E-state index is 13.2. The fraction of sp³-hybridized carbons (Fsp3) is 0.704. The molecular weight excluding hydrogens is 428 g/mol. The number of amides is 2. The van der Waals surface area contributed by atoms with Crippen molar-refractivity contribution in [2.45, 2.75) is 65.3 Å². The van der Waals surface area contributed by atoms with Gasteiger partial charge in [0.25, 0.3) is 5.91 Å². The molecular formula is C27H44N4O3. The lowest BCUT2D eigenvalue weighted by Gasteiger charge is -2.25. The summed E-state index contributed by atoms with van der Waals surface area (Å²) >= 11 is 0. The third-order valence-electron chi connectivity index (χ3n) is 6.69. The molecule has 1 fully saturated rings. The second kappa shape index (κ2) is 14.3. The lowest BCUT2D eigenvalue weighted by Crippen LogP contribution is -2.38. The lowest BCUT2D eigenvalue weighted by molar-refractivity contribution is -0.122. The van der Waals surface area contributed by atoms with E-state index in [9.17, 15) is 9.59 Å². The van der Waals surface area contributed by atoms with Crippen molar-refractivity contribution in [2.75, 3.05) is 52.4 Å². The summed E-state index contributed by atoms with van der Waals surface area (Å²) < 4.78 is 6.17. The first-order valence-electron chi connectivity index (χ1n) is 13.3. The summed E-state index contributed by atoms with van der Waals surface area (Å²) in [5, 5.41) is 6.18. The van der Waals surface area contributed by atoms with E-state index in [-0.39, 0.29) is 11.8 Å². The van der Waals surface area contributed by atoms with Crippen molar-refractivity contribution in [1.82, 2.24) is 20.4 Å². The zero-order valence-corrected chi connectivity index (χ0v) is 21.2. The Morgan fingerprint density at radius 1 is 1.06 bits per heavy atom. The van der Waals surface area contributed by atoms with Crippen molar-refractivity contribution in [3.63, 3.8) is 0 Å². The van der Waals surface area contributed by atoms with Gasteiger partial charge in [0.2, 0.25) is 5.91 Å². The molecule has 0 aliphatic carbocycles. The number of likely N-dealkylation sites (tertiary alicyclic amines) is 1. The minimum absolute atomic E-state index is 0.0503. The molecule has 190 valence electrons. The quantitative estimate of drug-likeness (QED) is 0.567. The molecule has 3 rings (SSSR count). The van der Waals surface area contributed by atoms with E-state index in [1.54, 1.807) is 0 Å². The number of fused-ring (bicyclic) bond motifs is 1. The number of nitrogens with zero attached hydrogens (tertiary/aromatic N) is 2. The SMILES string of the molecule is CC(C)CCN1CC(=O)NCCCCCOc2cccc(C(=O)NCCCN3CCCC3)c2C1. The highest BCUT2D eigenvalue weighted by Crippen LogP contribution is 2.26. The molecule has 0 bridgehead atoms. The average Bonchev–Trinajstić information content (AvgIpc) is 3.33. The van der Waals surface area contributed by atoms with Crippen LogP contribution in [0.4, 0.5) is 0 Å². The Morgan fingerprint density at radius 3 is 2.68 bits per heavy atom. The predicted molar refractivity (Wildman–Crippen MR) is 136 cm³/mol. The second-order valence-electron chi connectivity index (χ2n) is 10.1. The molecule has 0 aromatic heterocycles. The summed E-state index contributed by atoms with van der Waals surface area (Å²) in [5.74, 6) is 1.30. The first kappa shape index (κ1) is 26.5. The Kier molecular flexibility index (Phi) is 11.2. The average molecular weight is 473 g/mol. The van der Waals surface area contributed by atoms with E-state index >= 15 is 0 Å². The molecule has 1 saturated heterocycles. The first-order valence-corrected chi connectivity index (χ1v) is 13.3. The van der Waals surface area contributed by atoms with Crippen LogP contribution in [-0.2, 0) is 11.3 Å². The Morgan fingerprint density at radius 2 is 1.88 bits per heavy atom. The van der Waals surface area contributed by atoms with Gasteiger partial charge in [0, 0.05) is 30.8 Å². The van der Waals surface area contributed by atoms with Crippen LogP contribution in [0, 0.1) is 5.92 Å². The van der Waals surface area contributed by atoms with Gasteiger partial charge in [-0.15, -0.1) is 0 Å². The summed E-state index contributed by atoms with van der Waals surface area (Å²) in [7, 11) is 0. The number of hydrogen-bond donors (Lipinski definition) is 2. The van der Waals surface area contributed by atoms with Gasteiger partial charge in [-0.1, -0.05) is 19.9 Å². The Hall–Kier alpha value is -2.12. The minimum Gasteiger partial charge on any atom is -0.493 e. The maximum absolute atomic E-state index is 13.2. The molecule has 2 amide bonds. The van der Waals surface area contributed by atoms with E-state index in [4.69, 9.17) is 4.74 Å². The van der Waals surface area contributed by atoms with Crippen LogP contribution in [0.25, 0.3) is 0 Å². The monoisotopic (exact) mass is 472 g/mol. The smallest absolute Gasteiger partial charge is 0.251 e. The summed E-state index contributed by atoms with van der Waals surface area (Å²) in [6.45, 7) is 11.4. The van der Waals surface area contributed by atoms with Crippen molar-refractivity contribution < 1.29 is 14.3 Å². The summed E-state index contributed by atoms with van der Waals surface area (Å²) in [4.78, 5) is 30.4. The van der Waals surface area contributed by atoms with Crippen LogP contribution >= 0.6 is 0 Å². The van der Waals surface area contributed by atoms with Crippen LogP contribution in [0.2, 0.25) is 0 Å². The summed E-state index contributed by atoms with van der Waals surface area (Å²) in [6.07, 6.45) is 7.41. The highest BCUT2D eigenvalue weighted by atomic mass is 16.5. The number of nitrogens with one attached hydrogen (secondary N) is 2. The van der Waals surface area contributed by atoms with Crippen molar-refractivity contribution in [3.05, 3.63) is 29.3 Å². The molecule has 1 aromatic rings. The van der Waals surface area contributed by atoms with Crippen LogP contribution in [0.5, 0.6) is 5.75 Å². The number of carbonyl (C=O) groups excluding carboxylic acids is 2. The van der Waals surface area contributed by atoms with Crippen LogP contribution in [-0.4, -0.2) is 74.0 Å². The molecule has 7 nitrogen and oxygen atoms in total. The van der Waals surface area contributed by atoms with Gasteiger partial charge in [0.1, 0.15) is 5.75 Å². The van der Waals surface area contributed by atoms with Crippen molar-refractivity contribution >= 4 is 11.8 Å². The predicted octanol–water partition coefficient (Wildman–Crippen LogP) is 3.43. The molecule has 0 unspecified atom stereocenters. The summed E-state index contributed by atoms with van der Waals surface area (Å²) in [5.41, 5.74) is 1.54. The Balaban J connectivity index is 1.73. The van der Waals surface area contributed by atoms with Crippen LogP contribution < -0.4 is 15.4 Å². The van der Waals surface area contributed by atoms with Gasteiger partial charge in [0.05, 0.1) is 13.2 Å². The van der Waals surface area contributed by atoms with Gasteiger partial charge in [-0.25, -0.2) is 0 Å². The number of ether oxygens (including phenoxy) is 1. The van der Waals surface area contributed by atoms with Gasteiger partial charge < -0.3 is 20.3 Å². The third-order valence-corrected chi connectivity index (χ3v) is 6.69. The minimum atomic E-state index is -0.0561. The number of rotatable bonds is 8. The van der Waals surface area contributed by atoms with Gasteiger partial charge in [0.15, 0.2) is 0 Å². The van der Waals surface area contributed by atoms with Crippen LogP contribution in [0.1, 0.15) is 74.7 Å². The Labute approximate surface area is 205 Å². The van der Waals surface area contributed by atoms with E-state index < -0.39 is 0 Å². The van der Waals surface area contributed by atoms with E-state index in [1.165, 1.54) is 25.9 Å². The van der Waals surface area contributed by atoms with E-state index in [2.05, 4.69) is 34.3 Å². The molecule has 34 heavy (non-hydrogen) atoms. The van der Waals surface area contributed by atoms with Gasteiger partial charge in [-0.05, 0) is 89.2 Å². The van der Waals surface area contributed by atoms with Crippen LogP contribution in [0.3, 0.4) is 0 Å². The molecule has 2 aliphatic rings. The number of carbonyl (C=O) groups is 2. The van der Waals surface area contributed by atoms with Crippen molar-refractivity contribution in [2.24, 2.45) is 5.92 Å². The van der Waals surface area contributed by atoms with E-state index in [0.29, 0.717) is 44.3 Å². The maximum Gasteiger partial charge on any atom is 0.251 e. The molecule has 2 N–H and O–H groups in total. The Bertz CT molecular complexity index is 777. The number of benzene rings is 1. The van der Waals surface area contributed by atoms with Crippen molar-refractivity contribution in [3.8, 4) is 5.75 Å². The highest BCUT2D eigenvalue weighted by molar-refractivity contribution is 5.96. The molecule has 0 radical (unpaired) electrons. The second-order valence-corrected chi connectivity index (χ2v) is 10.1. The topological polar surface area (TPSA) is 73.9 Å². The molecule has 7 heteroatoms. The molecule has 1 aromatic carbocycles. The van der Waals surface area contributed by atoms with Gasteiger partial charge in [-0.2, -0.15) is 0 Å². The molecule has 2 heterocycles. The lowest BCUT2D eigenvalue weighted by atomic mass is 10.0. The standard InChI is InChI=1S/C27H44N4O3/c1-22(2)12-18-31-20-24-23(27(33)29-14-9-17-30-15-5-6-16-30)10-8-11-25(24)34-19-7-3-4-13-28-26(32)21-31/h8,10-11,22H,3-7,9,12-21H2,1-2H3,(H,28,32)(H,29,33). The van der Waals surface area contributed by atoms with E-state index in [0.717, 1.165) is 56.5 Å². The molecule has 2 aliphatic heterocycles. The zero-order chi connectivity index (χ0) is 24.2. The third kappa shape index (κ3) is 8.91. The largest absolute Gasteiger partial charge is 0.493 e. The number of hydrogen-bond acceptors (Lipinski definition) is 5. The van der Waals surface area contributed by atoms with E-state index in [1.807, 2.05) is 18.2 Å². The first-order chi connectivity index (χ1) is 16.5. The molecule has 0 saturated carbocycles.